The van der Waals surface area contributed by atoms with Crippen LogP contribution in [0.15, 0.2) is 12.0 Å². The maximum Gasteiger partial charge on any atom is 0.376 e. The molecule has 0 spiro atoms. The van der Waals surface area contributed by atoms with Crippen LogP contribution in [0.3, 0.4) is 0 Å². The van der Waals surface area contributed by atoms with Crippen LogP contribution in [0.1, 0.15) is 13.3 Å². The van der Waals surface area contributed by atoms with Gasteiger partial charge in [-0.3, -0.25) is 0 Å². The molecule has 0 rings (SSSR count). The summed E-state index contributed by atoms with van der Waals surface area (Å²) >= 11 is 0. The molecule has 0 heterocycles. The van der Waals surface area contributed by atoms with Crippen molar-refractivity contribution in [2.75, 3.05) is 6.61 Å². The number of hydrogen-bond donors (Lipinski definition) is 2. The van der Waals surface area contributed by atoms with E-state index in [1.165, 1.54) is 0 Å². The molecule has 0 aliphatic rings. The van der Waals surface area contributed by atoms with Gasteiger partial charge in [0.1, 0.15) is 6.26 Å². The summed E-state index contributed by atoms with van der Waals surface area (Å²) in [6.07, 6.45) is 0.989. The Bertz CT molecular complexity index is 139. The molecule has 2 N–H and O–H groups in total. The van der Waals surface area contributed by atoms with Gasteiger partial charge in [-0.25, -0.2) is 4.79 Å². The Kier molecular flexibility index (Phi) is 4.11. The summed E-state index contributed by atoms with van der Waals surface area (Å²) in [5.41, 5.74) is 0. The monoisotopic (exact) mass is 146 g/mol. The highest BCUT2D eigenvalue weighted by atomic mass is 16.5. The van der Waals surface area contributed by atoms with Gasteiger partial charge in [-0.2, -0.15) is 0 Å². The molecular weight excluding hydrogens is 136 g/mol. The maximum atomic E-state index is 10.4. The molecule has 0 amide bonds. The summed E-state index contributed by atoms with van der Waals surface area (Å²) in [5.74, 6) is -1.67. The Morgan fingerprint density at radius 3 is 2.70 bits per heavy atom. The average Bonchev–Trinajstić information content (AvgIpc) is 1.98. The van der Waals surface area contributed by atoms with Crippen LogP contribution in [0.4, 0.5) is 0 Å². The third-order valence-electron chi connectivity index (χ3n) is 0.769. The highest BCUT2D eigenvalue weighted by molar-refractivity contribution is 5.85. The molecule has 0 radical (unpaired) electrons. The van der Waals surface area contributed by atoms with Gasteiger partial charge in [-0.05, 0) is 6.42 Å². The van der Waals surface area contributed by atoms with E-state index >= 15 is 0 Å². The number of aliphatic hydroxyl groups excluding tert-OH is 2. The molecule has 4 nitrogen and oxygen atoms in total. The first kappa shape index (κ1) is 8.81. The molecule has 0 bridgehead atoms. The van der Waals surface area contributed by atoms with E-state index in [9.17, 15) is 4.79 Å². The van der Waals surface area contributed by atoms with Gasteiger partial charge in [-0.15, -0.1) is 0 Å². The van der Waals surface area contributed by atoms with Gasteiger partial charge in [-0.1, -0.05) is 6.92 Å². The minimum Gasteiger partial charge on any atom is -0.511 e. The van der Waals surface area contributed by atoms with E-state index in [-0.39, 0.29) is 6.61 Å². The fourth-order valence-corrected chi connectivity index (χ4v) is 0.321. The second-order valence-corrected chi connectivity index (χ2v) is 1.65. The second-order valence-electron chi connectivity index (χ2n) is 1.65. The molecule has 0 atom stereocenters. The van der Waals surface area contributed by atoms with Crippen molar-refractivity contribution < 1.29 is 19.7 Å². The van der Waals surface area contributed by atoms with E-state index in [4.69, 9.17) is 10.2 Å². The molecule has 0 aromatic rings. The Morgan fingerprint density at radius 2 is 2.30 bits per heavy atom. The molecule has 0 aliphatic heterocycles. The Hall–Kier alpha value is -1.19. The summed E-state index contributed by atoms with van der Waals surface area (Å²) in [7, 11) is 0. The number of hydrogen-bond acceptors (Lipinski definition) is 4. The molecule has 0 aromatic heterocycles. The van der Waals surface area contributed by atoms with Crippen molar-refractivity contribution in [3.8, 4) is 0 Å². The van der Waals surface area contributed by atoms with Gasteiger partial charge >= 0.3 is 5.97 Å². The lowest BCUT2D eigenvalue weighted by molar-refractivity contribution is -0.142. The van der Waals surface area contributed by atoms with Crippen molar-refractivity contribution in [1.82, 2.24) is 0 Å². The van der Waals surface area contributed by atoms with Crippen LogP contribution in [0.2, 0.25) is 0 Å². The highest BCUT2D eigenvalue weighted by Crippen LogP contribution is 1.91. The average molecular weight is 146 g/mol. The zero-order valence-electron chi connectivity index (χ0n) is 5.70. The fraction of sp³-hybridized carbons (Fsp3) is 0.500. The maximum absolute atomic E-state index is 10.4. The van der Waals surface area contributed by atoms with Gasteiger partial charge < -0.3 is 14.9 Å². The number of carbonyl (C=O) groups excluding carboxylic acids is 1. The normalized spacial score (nSPS) is 11.1. The minimum atomic E-state index is -0.899. The summed E-state index contributed by atoms with van der Waals surface area (Å²) in [6.45, 7) is 2.07. The fourth-order valence-electron chi connectivity index (χ4n) is 0.321. The number of ether oxygens (including phenoxy) is 1. The predicted molar refractivity (Wildman–Crippen MR) is 34.6 cm³/mol. The lowest BCUT2D eigenvalue weighted by Gasteiger charge is -1.98. The molecule has 0 saturated heterocycles. The van der Waals surface area contributed by atoms with Gasteiger partial charge in [0, 0.05) is 0 Å². The molecule has 0 unspecified atom stereocenters. The first-order valence-electron chi connectivity index (χ1n) is 2.92. The van der Waals surface area contributed by atoms with E-state index in [0.29, 0.717) is 12.7 Å². The topological polar surface area (TPSA) is 66.8 Å². The number of carbonyl (C=O) groups is 1. The van der Waals surface area contributed by atoms with Crippen molar-refractivity contribution >= 4 is 5.97 Å². The van der Waals surface area contributed by atoms with Crippen LogP contribution in [0.25, 0.3) is 0 Å². The summed E-state index contributed by atoms with van der Waals surface area (Å²) in [4.78, 5) is 10.4. The van der Waals surface area contributed by atoms with Crippen molar-refractivity contribution in [2.24, 2.45) is 0 Å². The molecule has 58 valence electrons. The first-order valence-corrected chi connectivity index (χ1v) is 2.92. The Balaban J connectivity index is 3.63. The first-order chi connectivity index (χ1) is 4.72. The number of esters is 1. The van der Waals surface area contributed by atoms with E-state index in [1.807, 2.05) is 6.92 Å². The number of aliphatic hydroxyl groups is 2. The smallest absolute Gasteiger partial charge is 0.376 e. The minimum absolute atomic E-state index is 0.247. The Morgan fingerprint density at radius 1 is 1.70 bits per heavy atom. The summed E-state index contributed by atoms with van der Waals surface area (Å²) in [5, 5.41) is 16.6. The van der Waals surface area contributed by atoms with Crippen LogP contribution in [-0.4, -0.2) is 22.8 Å². The number of rotatable bonds is 3. The largest absolute Gasteiger partial charge is 0.511 e. The summed E-state index contributed by atoms with van der Waals surface area (Å²) < 4.78 is 4.43. The standard InChI is InChI=1S/C6H10O4/c1-2-3-10-6(9)5(8)4-7/h4,7-8H,2-3H2,1H3/b5-4-. The van der Waals surface area contributed by atoms with E-state index < -0.39 is 11.7 Å². The van der Waals surface area contributed by atoms with E-state index in [0.717, 1.165) is 0 Å². The van der Waals surface area contributed by atoms with Crippen LogP contribution in [0, 0.1) is 0 Å². The lowest BCUT2D eigenvalue weighted by Crippen LogP contribution is -2.07. The third-order valence-corrected chi connectivity index (χ3v) is 0.769. The summed E-state index contributed by atoms with van der Waals surface area (Å²) in [6, 6.07) is 0. The van der Waals surface area contributed by atoms with Crippen molar-refractivity contribution in [1.29, 1.82) is 0 Å². The van der Waals surface area contributed by atoms with Crippen LogP contribution >= 0.6 is 0 Å². The molecule has 0 fully saturated rings. The SMILES string of the molecule is CCCOC(=O)/C(O)=C/O. The van der Waals surface area contributed by atoms with Crippen LogP contribution in [-0.2, 0) is 9.53 Å². The quantitative estimate of drug-likeness (QED) is 0.352. The van der Waals surface area contributed by atoms with Gasteiger partial charge in [0.2, 0.25) is 5.76 Å². The molecular formula is C6H10O4. The predicted octanol–water partition coefficient (Wildman–Crippen LogP) is 0.897. The van der Waals surface area contributed by atoms with Crippen LogP contribution in [0.5, 0.6) is 0 Å². The van der Waals surface area contributed by atoms with Crippen LogP contribution < -0.4 is 0 Å². The van der Waals surface area contributed by atoms with Crippen molar-refractivity contribution in [3.05, 3.63) is 12.0 Å². The van der Waals surface area contributed by atoms with Gasteiger partial charge in [0.15, 0.2) is 0 Å². The van der Waals surface area contributed by atoms with Gasteiger partial charge in [0.05, 0.1) is 6.61 Å². The third kappa shape index (κ3) is 2.96. The zero-order valence-corrected chi connectivity index (χ0v) is 5.70. The van der Waals surface area contributed by atoms with E-state index in [1.54, 1.807) is 0 Å². The van der Waals surface area contributed by atoms with Crippen molar-refractivity contribution in [2.45, 2.75) is 13.3 Å². The molecule has 0 aromatic carbocycles. The molecule has 0 saturated carbocycles. The molecule has 10 heavy (non-hydrogen) atoms. The zero-order chi connectivity index (χ0) is 7.98. The molecule has 0 aliphatic carbocycles. The van der Waals surface area contributed by atoms with Crippen molar-refractivity contribution in [3.63, 3.8) is 0 Å². The Labute approximate surface area is 58.7 Å². The highest BCUT2D eigenvalue weighted by Gasteiger charge is 2.06. The van der Waals surface area contributed by atoms with Gasteiger partial charge in [0.25, 0.3) is 0 Å². The molecule has 4 heteroatoms. The lowest BCUT2D eigenvalue weighted by atomic mass is 10.5. The second kappa shape index (κ2) is 4.67. The van der Waals surface area contributed by atoms with E-state index in [2.05, 4.69) is 4.74 Å².